The molecule has 1 aliphatic heterocycles. The Hall–Kier alpha value is -4.02. The summed E-state index contributed by atoms with van der Waals surface area (Å²) in [5.74, 6) is -11.4. The van der Waals surface area contributed by atoms with E-state index in [0.29, 0.717) is 25.7 Å². The molecule has 1 saturated heterocycles. The summed E-state index contributed by atoms with van der Waals surface area (Å²) in [7, 11) is 0. The number of hydrogen-bond donors (Lipinski definition) is 0. The van der Waals surface area contributed by atoms with Crippen molar-refractivity contribution in [3.63, 3.8) is 0 Å². The van der Waals surface area contributed by atoms with Crippen LogP contribution in [0.4, 0.5) is 52.7 Å². The Kier molecular flexibility index (Phi) is 18.3. The van der Waals surface area contributed by atoms with Gasteiger partial charge in [-0.25, -0.2) is 0 Å². The van der Waals surface area contributed by atoms with Crippen molar-refractivity contribution in [2.75, 3.05) is 0 Å². The van der Waals surface area contributed by atoms with Crippen LogP contribution in [0.3, 0.4) is 0 Å². The Morgan fingerprint density at radius 2 is 1.09 bits per heavy atom. The maximum absolute atomic E-state index is 13.6. The first-order chi connectivity index (χ1) is 33.0. The number of halogens is 12. The summed E-state index contributed by atoms with van der Waals surface area (Å²) in [6.07, 6.45) is -25.1. The summed E-state index contributed by atoms with van der Waals surface area (Å²) >= 11 is 0. The van der Waals surface area contributed by atoms with Crippen molar-refractivity contribution in [1.29, 1.82) is 0 Å². The van der Waals surface area contributed by atoms with E-state index in [-0.39, 0.29) is 35.7 Å². The van der Waals surface area contributed by atoms with Gasteiger partial charge in [0.1, 0.15) is 18.3 Å². The largest absolute Gasteiger partial charge is 0.461 e. The van der Waals surface area contributed by atoms with Crippen molar-refractivity contribution in [1.82, 2.24) is 0 Å². The van der Waals surface area contributed by atoms with E-state index in [0.717, 1.165) is 32.6 Å². The van der Waals surface area contributed by atoms with Gasteiger partial charge in [0.05, 0.1) is 34.0 Å². The normalized spacial score (nSPS) is 27.7. The second kappa shape index (κ2) is 21.1. The van der Waals surface area contributed by atoms with E-state index in [9.17, 15) is 81.5 Å². The predicted octanol–water partition coefficient (Wildman–Crippen LogP) is 12.2. The number of ether oxygens (including phenoxy) is 6. The molecular formula is C50H72F12O12. The molecule has 0 aromatic rings. The molecule has 4 bridgehead atoms. The van der Waals surface area contributed by atoms with Crippen molar-refractivity contribution in [2.24, 2.45) is 62.6 Å². The van der Waals surface area contributed by atoms with Crippen LogP contribution < -0.4 is 0 Å². The summed E-state index contributed by atoms with van der Waals surface area (Å²) in [5, 5.41) is 0. The quantitative estimate of drug-likeness (QED) is 0.0922. The van der Waals surface area contributed by atoms with Crippen molar-refractivity contribution in [2.45, 2.75) is 216 Å². The lowest BCUT2D eigenvalue weighted by Crippen LogP contribution is -2.72. The standard InChI is InChI=1S/C18H20F6O6.C16H24F6O4.C16H28O2/c1-4-16(2,3)15(27)29-11-7-5-6-8(12(25)28-10(6)11)9(7)13(26)30-14(17(19,20)21)18(22,23)24;1-8-12(4,5)11(24)26-13(6,7)14(15(17,18)19,16(20,21)22)25-10(23)9(2)3;1-7-14(2,3)13(17)18-12-10-11-8-9-16(12,6)15(11,4)5/h6-11,14H,4-5H2,1-3H3;9H,8H2,1-7H3;11-12H,7-10H2,1-6H3. The van der Waals surface area contributed by atoms with Gasteiger partial charge in [0.2, 0.25) is 0 Å². The Bertz CT molecular complexity index is 2060. The minimum Gasteiger partial charge on any atom is -0.461 e. The van der Waals surface area contributed by atoms with Gasteiger partial charge in [0.15, 0.2) is 5.60 Å². The van der Waals surface area contributed by atoms with Gasteiger partial charge in [-0.05, 0) is 112 Å². The molecule has 4 aliphatic carbocycles. The van der Waals surface area contributed by atoms with Crippen molar-refractivity contribution >= 4 is 35.8 Å². The van der Waals surface area contributed by atoms with Gasteiger partial charge in [0, 0.05) is 17.3 Å². The second-order valence-electron chi connectivity index (χ2n) is 23.7. The number of carbonyl (C=O) groups excluding carboxylic acids is 6. The molecule has 9 unspecified atom stereocenters. The Morgan fingerprint density at radius 3 is 1.47 bits per heavy atom. The van der Waals surface area contributed by atoms with Gasteiger partial charge in [-0.15, -0.1) is 0 Å². The summed E-state index contributed by atoms with van der Waals surface area (Å²) in [5.41, 5.74) is -10.4. The average molecular weight is 1090 g/mol. The SMILES string of the molecule is CCC(C)(C)C(=O)OC(C)(C)C(OC(=O)C(C)C)(C(F)(F)F)C(F)(F)F.CCC(C)(C)C(=O)OC1C2CC3C1OC(=O)C3C2C(=O)OC(C(F)(F)F)C(F)(F)F.CCC(C)(C)C(=O)OC1CC2CCC1(C)C2(C)C. The first-order valence-electron chi connectivity index (χ1n) is 24.6. The van der Waals surface area contributed by atoms with Crippen LogP contribution in [-0.4, -0.2) is 96.1 Å². The number of rotatable bonds is 14. The van der Waals surface area contributed by atoms with Crippen molar-refractivity contribution in [3.8, 4) is 0 Å². The van der Waals surface area contributed by atoms with E-state index in [4.69, 9.17) is 14.2 Å². The molecule has 12 nitrogen and oxygen atoms in total. The lowest BCUT2D eigenvalue weighted by molar-refractivity contribution is -0.408. The van der Waals surface area contributed by atoms with E-state index in [1.54, 1.807) is 20.8 Å². The van der Waals surface area contributed by atoms with Crippen LogP contribution in [0, 0.1) is 62.6 Å². The lowest BCUT2D eigenvalue weighted by Gasteiger charge is -2.46. The molecule has 0 N–H and O–H groups in total. The van der Waals surface area contributed by atoms with Crippen LogP contribution in [0.15, 0.2) is 0 Å². The summed E-state index contributed by atoms with van der Waals surface area (Å²) < 4.78 is 187. The van der Waals surface area contributed by atoms with Crippen LogP contribution in [-0.2, 0) is 57.2 Å². The minimum atomic E-state index is -6.09. The molecule has 0 radical (unpaired) electrons. The molecule has 4 saturated carbocycles. The summed E-state index contributed by atoms with van der Waals surface area (Å²) in [6.45, 7) is 25.1. The fourth-order valence-corrected chi connectivity index (χ4v) is 10.1. The molecule has 5 rings (SSSR count). The van der Waals surface area contributed by atoms with Gasteiger partial charge in [-0.1, -0.05) is 55.4 Å². The molecule has 0 amide bonds. The fraction of sp³-hybridized carbons (Fsp3) is 0.880. The van der Waals surface area contributed by atoms with E-state index in [2.05, 4.69) is 35.0 Å². The third-order valence-electron chi connectivity index (χ3n) is 16.9. The number of hydrogen-bond acceptors (Lipinski definition) is 12. The molecular weight excluding hydrogens is 1020 g/mol. The monoisotopic (exact) mass is 1090 g/mol. The lowest BCUT2D eigenvalue weighted by atomic mass is 9.70. The minimum absolute atomic E-state index is 0.0143. The molecule has 9 atom stereocenters. The topological polar surface area (TPSA) is 158 Å². The van der Waals surface area contributed by atoms with Gasteiger partial charge in [0.25, 0.3) is 6.10 Å². The first kappa shape index (κ1) is 64.3. The molecule has 0 aromatic carbocycles. The first-order valence-corrected chi connectivity index (χ1v) is 24.6. The number of carbonyl (C=O) groups is 6. The molecule has 24 heteroatoms. The van der Waals surface area contributed by atoms with Crippen LogP contribution in [0.2, 0.25) is 0 Å². The highest BCUT2D eigenvalue weighted by Gasteiger charge is 2.82. The van der Waals surface area contributed by atoms with Crippen LogP contribution in [0.5, 0.6) is 0 Å². The van der Waals surface area contributed by atoms with Crippen molar-refractivity contribution < 1.29 is 110 Å². The van der Waals surface area contributed by atoms with E-state index >= 15 is 0 Å². The molecule has 428 valence electrons. The van der Waals surface area contributed by atoms with E-state index in [1.165, 1.54) is 33.6 Å². The van der Waals surface area contributed by atoms with Gasteiger partial charge in [-0.3, -0.25) is 28.8 Å². The molecule has 1 heterocycles. The average Bonchev–Trinajstić information content (AvgIpc) is 3.97. The molecule has 74 heavy (non-hydrogen) atoms. The maximum atomic E-state index is 13.6. The molecule has 5 fully saturated rings. The molecule has 0 aromatic heterocycles. The van der Waals surface area contributed by atoms with Crippen LogP contribution >= 0.6 is 0 Å². The third kappa shape index (κ3) is 12.1. The Balaban J connectivity index is 0.000000302. The number of alkyl halides is 12. The predicted molar refractivity (Wildman–Crippen MR) is 238 cm³/mol. The second-order valence-corrected chi connectivity index (χ2v) is 23.7. The smallest absolute Gasteiger partial charge is 0.441 e. The highest BCUT2D eigenvalue weighted by molar-refractivity contribution is 5.86. The molecule has 0 spiro atoms. The van der Waals surface area contributed by atoms with Crippen LogP contribution in [0.1, 0.15) is 156 Å². The van der Waals surface area contributed by atoms with E-state index in [1.807, 2.05) is 20.8 Å². The third-order valence-corrected chi connectivity index (χ3v) is 16.9. The number of fused-ring (bicyclic) bond motifs is 3. The van der Waals surface area contributed by atoms with Gasteiger partial charge < -0.3 is 28.4 Å². The number of esters is 6. The zero-order valence-electron chi connectivity index (χ0n) is 44.7. The summed E-state index contributed by atoms with van der Waals surface area (Å²) in [4.78, 5) is 73.0. The molecule has 5 aliphatic rings. The highest BCUT2D eigenvalue weighted by atomic mass is 19.4. The zero-order chi connectivity index (χ0) is 57.9. The highest BCUT2D eigenvalue weighted by Crippen LogP contribution is 2.66. The van der Waals surface area contributed by atoms with Gasteiger partial charge in [-0.2, -0.15) is 52.7 Å². The van der Waals surface area contributed by atoms with Gasteiger partial charge >= 0.3 is 66.1 Å². The van der Waals surface area contributed by atoms with E-state index < -0.39 is 124 Å². The summed E-state index contributed by atoms with van der Waals surface area (Å²) in [6, 6.07) is 0. The van der Waals surface area contributed by atoms with Crippen LogP contribution in [0.25, 0.3) is 0 Å². The zero-order valence-corrected chi connectivity index (χ0v) is 44.7. The maximum Gasteiger partial charge on any atom is 0.441 e. The fourth-order valence-electron chi connectivity index (χ4n) is 10.1. The van der Waals surface area contributed by atoms with Crippen molar-refractivity contribution in [3.05, 3.63) is 0 Å². The Morgan fingerprint density at radius 1 is 0.649 bits per heavy atom. The Labute approximate surface area is 423 Å².